The van der Waals surface area contributed by atoms with Crippen LogP contribution in [0.1, 0.15) is 40.5 Å². The van der Waals surface area contributed by atoms with E-state index in [9.17, 15) is 0 Å². The first kappa shape index (κ1) is 23.7. The van der Waals surface area contributed by atoms with Crippen molar-refractivity contribution in [2.75, 3.05) is 5.33 Å². The largest absolute Gasteiger partial charge is 0.486 e. The zero-order valence-corrected chi connectivity index (χ0v) is 13.8. The third kappa shape index (κ3) is 14.7. The lowest BCUT2D eigenvalue weighted by molar-refractivity contribution is -0.107. The van der Waals surface area contributed by atoms with Gasteiger partial charge in [-0.15, -0.1) is 12.4 Å². The molecule has 1 unspecified atom stereocenters. The van der Waals surface area contributed by atoms with E-state index in [-0.39, 0.29) is 18.6 Å². The van der Waals surface area contributed by atoms with Crippen LogP contribution < -0.4 is 5.73 Å². The lowest BCUT2D eigenvalue weighted by atomic mass is 9.90. The summed E-state index contributed by atoms with van der Waals surface area (Å²) in [6.07, 6.45) is 1.34. The van der Waals surface area contributed by atoms with E-state index in [2.05, 4.69) is 20.6 Å². The standard InChI is InChI=1S/C6H14O2.C4H10BBrNO2.ClH/c1-5(2,7)6(3,4)8;6-3-1-2-4(7)9-5-8;/h7-8H,1-4H3;4,8H,1-3,7H2;1H. The van der Waals surface area contributed by atoms with Crippen LogP contribution in [0.3, 0.4) is 0 Å². The highest BCUT2D eigenvalue weighted by molar-refractivity contribution is 9.09. The fraction of sp³-hybridized carbons (Fsp3) is 1.00. The van der Waals surface area contributed by atoms with Gasteiger partial charge in [0.2, 0.25) is 0 Å². The van der Waals surface area contributed by atoms with Gasteiger partial charge in [-0.1, -0.05) is 15.9 Å². The van der Waals surface area contributed by atoms with Crippen molar-refractivity contribution in [3.63, 3.8) is 0 Å². The summed E-state index contributed by atoms with van der Waals surface area (Å²) in [4.78, 5) is 0. The number of nitrogens with two attached hydrogens (primary N) is 1. The van der Waals surface area contributed by atoms with Crippen LogP contribution in [0.4, 0.5) is 0 Å². The predicted octanol–water partition coefficient (Wildman–Crippen LogP) is 0.939. The third-order valence-electron chi connectivity index (χ3n) is 2.36. The molecule has 0 saturated heterocycles. The Kier molecular flexibility index (Phi) is 15.1. The molecule has 0 aliphatic heterocycles. The number of alkyl halides is 1. The predicted molar refractivity (Wildman–Crippen MR) is 79.9 cm³/mol. The molecule has 0 bridgehead atoms. The number of rotatable bonds is 6. The summed E-state index contributed by atoms with van der Waals surface area (Å²) in [6, 6.07) is 0. The normalized spacial score (nSPS) is 12.9. The molecule has 0 rings (SSSR count). The highest BCUT2D eigenvalue weighted by atomic mass is 79.9. The highest BCUT2D eigenvalue weighted by Gasteiger charge is 2.31. The fourth-order valence-electron chi connectivity index (χ4n) is 0.425. The van der Waals surface area contributed by atoms with Crippen LogP contribution in [-0.2, 0) is 4.65 Å². The Hall–Kier alpha value is 0.635. The van der Waals surface area contributed by atoms with Crippen molar-refractivity contribution in [2.45, 2.75) is 58.0 Å². The number of aliphatic hydroxyl groups is 2. The lowest BCUT2D eigenvalue weighted by Crippen LogP contribution is -2.44. The summed E-state index contributed by atoms with van der Waals surface area (Å²) in [6.45, 7) is 6.31. The van der Waals surface area contributed by atoms with Crippen LogP contribution in [0, 0.1) is 0 Å². The Labute approximate surface area is 125 Å². The summed E-state index contributed by atoms with van der Waals surface area (Å²) < 4.78 is 4.53. The SMILES string of the molecule is CC(C)(O)C(C)(C)O.Cl.NC(CCCBr)O[B]O. The molecule has 5 N–H and O–H groups in total. The zero-order chi connectivity index (χ0) is 14.1. The molecule has 0 aromatic heterocycles. The Bertz CT molecular complexity index is 176. The van der Waals surface area contributed by atoms with E-state index in [1.807, 2.05) is 0 Å². The minimum atomic E-state index is -1.01. The lowest BCUT2D eigenvalue weighted by Gasteiger charge is -2.31. The maximum absolute atomic E-state index is 9.10. The van der Waals surface area contributed by atoms with Gasteiger partial charge in [0.05, 0.1) is 17.4 Å². The monoisotopic (exact) mass is 348 g/mol. The molecule has 0 aliphatic rings. The molecule has 0 aromatic rings. The van der Waals surface area contributed by atoms with Gasteiger partial charge in [0, 0.05) is 5.33 Å². The van der Waals surface area contributed by atoms with E-state index in [4.69, 9.17) is 21.0 Å². The minimum absolute atomic E-state index is 0. The molecule has 18 heavy (non-hydrogen) atoms. The quantitative estimate of drug-likeness (QED) is 0.325. The molecular formula is C10H25BBrClNO4. The number of halogens is 2. The van der Waals surface area contributed by atoms with E-state index >= 15 is 0 Å². The summed E-state index contributed by atoms with van der Waals surface area (Å²) >= 11 is 3.25. The number of hydrogen-bond acceptors (Lipinski definition) is 5. The second-order valence-corrected chi connectivity index (χ2v) is 5.52. The second kappa shape index (κ2) is 11.5. The fourth-order valence-corrected chi connectivity index (χ4v) is 0.748. The van der Waals surface area contributed by atoms with Crippen LogP contribution in [0.2, 0.25) is 0 Å². The number of hydrogen-bond donors (Lipinski definition) is 4. The third-order valence-corrected chi connectivity index (χ3v) is 2.92. The average Bonchev–Trinajstić information content (AvgIpc) is 2.13. The van der Waals surface area contributed by atoms with Gasteiger partial charge in [-0.25, -0.2) is 0 Å². The van der Waals surface area contributed by atoms with E-state index in [1.165, 1.54) is 0 Å². The molecule has 0 saturated carbocycles. The molecule has 0 spiro atoms. The van der Waals surface area contributed by atoms with Gasteiger partial charge in [-0.05, 0) is 40.5 Å². The average molecular weight is 349 g/mol. The van der Waals surface area contributed by atoms with E-state index in [0.717, 1.165) is 18.2 Å². The molecule has 0 aliphatic carbocycles. The van der Waals surface area contributed by atoms with Crippen LogP contribution in [0.15, 0.2) is 0 Å². The summed E-state index contributed by atoms with van der Waals surface area (Å²) in [5.74, 6) is 0. The molecule has 1 radical (unpaired) electrons. The molecular weight excluding hydrogens is 324 g/mol. The maximum Gasteiger partial charge on any atom is 0.486 e. The van der Waals surface area contributed by atoms with Gasteiger partial charge < -0.3 is 25.6 Å². The Morgan fingerprint density at radius 3 is 1.83 bits per heavy atom. The van der Waals surface area contributed by atoms with E-state index in [1.54, 1.807) is 27.7 Å². The van der Waals surface area contributed by atoms with Crippen molar-refractivity contribution in [3.05, 3.63) is 0 Å². The molecule has 0 fully saturated rings. The van der Waals surface area contributed by atoms with Crippen LogP contribution >= 0.6 is 28.3 Å². The molecule has 0 aromatic carbocycles. The van der Waals surface area contributed by atoms with Gasteiger partial charge in [-0.3, -0.25) is 0 Å². The van der Waals surface area contributed by atoms with Gasteiger partial charge in [0.25, 0.3) is 0 Å². The Balaban J connectivity index is -0.000000238. The smallest absolute Gasteiger partial charge is 0.429 e. The van der Waals surface area contributed by atoms with Gasteiger partial charge in [-0.2, -0.15) is 0 Å². The van der Waals surface area contributed by atoms with Crippen molar-refractivity contribution >= 4 is 36.0 Å². The summed E-state index contributed by atoms with van der Waals surface area (Å²) in [7, 11) is 0.624. The van der Waals surface area contributed by atoms with Gasteiger partial charge in [0.15, 0.2) is 0 Å². The molecule has 5 nitrogen and oxygen atoms in total. The highest BCUT2D eigenvalue weighted by Crippen LogP contribution is 2.19. The molecule has 0 amide bonds. The van der Waals surface area contributed by atoms with Crippen molar-refractivity contribution < 1.29 is 19.9 Å². The van der Waals surface area contributed by atoms with Crippen molar-refractivity contribution in [1.29, 1.82) is 0 Å². The first-order chi connectivity index (χ1) is 7.56. The maximum atomic E-state index is 9.10. The second-order valence-electron chi connectivity index (χ2n) is 4.73. The van der Waals surface area contributed by atoms with Gasteiger partial charge >= 0.3 is 7.69 Å². The molecule has 1 atom stereocenters. The first-order valence-corrected chi connectivity index (χ1v) is 6.56. The van der Waals surface area contributed by atoms with Gasteiger partial charge in [0.1, 0.15) is 0 Å². The van der Waals surface area contributed by atoms with E-state index < -0.39 is 11.2 Å². The topological polar surface area (TPSA) is 95.9 Å². The van der Waals surface area contributed by atoms with Crippen LogP contribution in [0.25, 0.3) is 0 Å². The first-order valence-electron chi connectivity index (χ1n) is 5.44. The van der Waals surface area contributed by atoms with E-state index in [0.29, 0.717) is 7.69 Å². The minimum Gasteiger partial charge on any atom is -0.429 e. The summed E-state index contributed by atoms with van der Waals surface area (Å²) in [5, 5.41) is 27.2. The summed E-state index contributed by atoms with van der Waals surface area (Å²) in [5.41, 5.74) is 3.32. The molecule has 8 heteroatoms. The Morgan fingerprint density at radius 1 is 1.22 bits per heavy atom. The molecule has 111 valence electrons. The van der Waals surface area contributed by atoms with Crippen molar-refractivity contribution in [1.82, 2.24) is 0 Å². The molecule has 0 heterocycles. The zero-order valence-electron chi connectivity index (χ0n) is 11.4. The van der Waals surface area contributed by atoms with Crippen molar-refractivity contribution in [3.8, 4) is 0 Å². The van der Waals surface area contributed by atoms with Crippen molar-refractivity contribution in [2.24, 2.45) is 5.73 Å². The van der Waals surface area contributed by atoms with Crippen LogP contribution in [-0.4, -0.2) is 45.7 Å². The van der Waals surface area contributed by atoms with Crippen LogP contribution in [0.5, 0.6) is 0 Å². The Morgan fingerprint density at radius 2 is 1.61 bits per heavy atom.